The number of rotatable bonds is 5. The average molecular weight is 424 g/mol. The Bertz CT molecular complexity index is 857. The van der Waals surface area contributed by atoms with E-state index in [-0.39, 0.29) is 0 Å². The molecule has 4 nitrogen and oxygen atoms in total. The predicted molar refractivity (Wildman–Crippen MR) is 112 cm³/mol. The molecule has 0 aromatic heterocycles. The van der Waals surface area contributed by atoms with Gasteiger partial charge in [-0.05, 0) is 89.2 Å². The molecular weight excluding hydrogens is 400 g/mol. The molecule has 0 spiro atoms. The minimum atomic E-state index is -4.36. The first kappa shape index (κ1) is 22.0. The molecule has 2 aromatic carbocycles. The third-order valence-electron chi connectivity index (χ3n) is 5.24. The Hall–Kier alpha value is -1.68. The summed E-state index contributed by atoms with van der Waals surface area (Å²) in [5.74, 6) is 0. The lowest BCUT2D eigenvalue weighted by Gasteiger charge is -2.32. The van der Waals surface area contributed by atoms with E-state index < -0.39 is 30.1 Å². The number of hydrogen-bond donors (Lipinski definition) is 2. The Balaban J connectivity index is 1.93. The van der Waals surface area contributed by atoms with Crippen molar-refractivity contribution in [2.75, 3.05) is 12.4 Å². The fourth-order valence-electron chi connectivity index (χ4n) is 2.90. The third-order valence-corrected chi connectivity index (χ3v) is 5.94. The summed E-state index contributed by atoms with van der Waals surface area (Å²) in [7, 11) is 1.22. The van der Waals surface area contributed by atoms with Crippen LogP contribution in [0.5, 0.6) is 0 Å². The summed E-state index contributed by atoms with van der Waals surface area (Å²) in [5, 5.41) is 3.20. The van der Waals surface area contributed by atoms with Crippen LogP contribution in [0.1, 0.15) is 33.3 Å². The van der Waals surface area contributed by atoms with Crippen LogP contribution in [-0.4, -0.2) is 25.4 Å². The van der Waals surface area contributed by atoms with Gasteiger partial charge in [-0.3, -0.25) is 4.72 Å². The van der Waals surface area contributed by atoms with E-state index in [1.165, 1.54) is 24.1 Å². The van der Waals surface area contributed by atoms with Crippen LogP contribution >= 0.6 is 11.9 Å². The fraction of sp³-hybridized carbons (Fsp3) is 0.400. The maximum absolute atomic E-state index is 12.8. The average Bonchev–Trinajstić information content (AvgIpc) is 2.84. The summed E-state index contributed by atoms with van der Waals surface area (Å²) >= 11 is 1.45. The normalized spacial score (nSPS) is 18.1. The molecule has 2 aromatic rings. The molecule has 0 atom stereocenters. The number of hydrogen-bond acceptors (Lipinski definition) is 5. The van der Waals surface area contributed by atoms with E-state index in [0.29, 0.717) is 11.4 Å². The molecule has 0 radical (unpaired) electrons. The third kappa shape index (κ3) is 4.74. The SMILES string of the molecule is CNSc1ccc(Nc2ccc(C(F)(F)F)cc2)c(B2OC(C)(C)C(C)(C)O2)c1. The molecule has 0 aliphatic carbocycles. The number of anilines is 2. The second kappa shape index (κ2) is 7.87. The molecular formula is C20H24BF3N2O2S. The number of nitrogens with one attached hydrogen (secondary N) is 2. The van der Waals surface area contributed by atoms with Crippen molar-refractivity contribution >= 4 is 35.9 Å². The Morgan fingerprint density at radius 3 is 2.03 bits per heavy atom. The van der Waals surface area contributed by atoms with Gasteiger partial charge in [-0.15, -0.1) is 0 Å². The lowest BCUT2D eigenvalue weighted by atomic mass is 9.77. The van der Waals surface area contributed by atoms with Crippen LogP contribution in [0.4, 0.5) is 24.5 Å². The Labute approximate surface area is 173 Å². The molecule has 0 saturated carbocycles. The van der Waals surface area contributed by atoms with Gasteiger partial charge < -0.3 is 14.6 Å². The van der Waals surface area contributed by atoms with Crippen molar-refractivity contribution in [1.29, 1.82) is 0 Å². The summed E-state index contributed by atoms with van der Waals surface area (Å²) in [4.78, 5) is 0.968. The van der Waals surface area contributed by atoms with E-state index in [1.807, 2.05) is 52.9 Å². The van der Waals surface area contributed by atoms with E-state index in [2.05, 4.69) is 10.0 Å². The van der Waals surface area contributed by atoms with E-state index in [9.17, 15) is 13.2 Å². The van der Waals surface area contributed by atoms with Crippen molar-refractivity contribution in [3.63, 3.8) is 0 Å². The maximum Gasteiger partial charge on any atom is 0.497 e. The molecule has 3 rings (SSSR count). The van der Waals surface area contributed by atoms with E-state index >= 15 is 0 Å². The first-order chi connectivity index (χ1) is 13.4. The number of benzene rings is 2. The first-order valence-corrected chi connectivity index (χ1v) is 10.0. The quantitative estimate of drug-likeness (QED) is 0.524. The van der Waals surface area contributed by atoms with Crippen LogP contribution in [0.25, 0.3) is 0 Å². The van der Waals surface area contributed by atoms with Gasteiger partial charge in [-0.1, -0.05) is 0 Å². The standard InChI is InChI=1S/C20H24BF3N2O2S/c1-18(2)19(3,4)28-21(27-18)16-12-15(29-25-5)10-11-17(16)26-14-8-6-13(7-9-14)20(22,23)24/h6-12,25-26H,1-5H3. The Morgan fingerprint density at radius 2 is 1.52 bits per heavy atom. The number of alkyl halides is 3. The van der Waals surface area contributed by atoms with E-state index in [1.54, 1.807) is 0 Å². The van der Waals surface area contributed by atoms with Gasteiger partial charge in [0.15, 0.2) is 0 Å². The molecule has 2 N–H and O–H groups in total. The topological polar surface area (TPSA) is 42.5 Å². The molecule has 9 heteroatoms. The summed E-state index contributed by atoms with van der Waals surface area (Å²) < 4.78 is 53.8. The van der Waals surface area contributed by atoms with Gasteiger partial charge >= 0.3 is 13.3 Å². The Kier molecular flexibility index (Phi) is 5.97. The largest absolute Gasteiger partial charge is 0.497 e. The minimum absolute atomic E-state index is 0.505. The molecule has 1 fully saturated rings. The zero-order valence-corrected chi connectivity index (χ0v) is 17.8. The molecule has 0 bridgehead atoms. The molecule has 1 aliphatic rings. The van der Waals surface area contributed by atoms with Crippen molar-refractivity contribution in [2.45, 2.75) is 50.0 Å². The van der Waals surface area contributed by atoms with Crippen molar-refractivity contribution in [1.82, 2.24) is 4.72 Å². The lowest BCUT2D eigenvalue weighted by molar-refractivity contribution is -0.137. The maximum atomic E-state index is 12.8. The van der Waals surface area contributed by atoms with Gasteiger partial charge in [0.2, 0.25) is 0 Å². The molecule has 0 amide bonds. The van der Waals surface area contributed by atoms with Gasteiger partial charge in [0, 0.05) is 21.7 Å². The smallest absolute Gasteiger partial charge is 0.399 e. The summed E-state index contributed by atoms with van der Waals surface area (Å²) in [6.45, 7) is 7.90. The highest BCUT2D eigenvalue weighted by Gasteiger charge is 2.52. The van der Waals surface area contributed by atoms with Gasteiger partial charge in [0.25, 0.3) is 0 Å². The summed E-state index contributed by atoms with van der Waals surface area (Å²) in [6.07, 6.45) is -4.36. The van der Waals surface area contributed by atoms with Crippen LogP contribution in [0.15, 0.2) is 47.4 Å². The first-order valence-electron chi connectivity index (χ1n) is 9.20. The van der Waals surface area contributed by atoms with Gasteiger partial charge in [0.1, 0.15) is 0 Å². The van der Waals surface area contributed by atoms with Crippen LogP contribution < -0.4 is 15.5 Å². The summed E-state index contributed by atoms with van der Waals surface area (Å²) in [6, 6.07) is 10.7. The second-order valence-corrected chi connectivity index (χ2v) is 8.93. The van der Waals surface area contributed by atoms with Crippen molar-refractivity contribution < 1.29 is 22.5 Å². The zero-order chi connectivity index (χ0) is 21.4. The molecule has 156 valence electrons. The van der Waals surface area contributed by atoms with Crippen molar-refractivity contribution in [3.05, 3.63) is 48.0 Å². The van der Waals surface area contributed by atoms with Crippen LogP contribution in [-0.2, 0) is 15.5 Å². The Morgan fingerprint density at radius 1 is 0.931 bits per heavy atom. The van der Waals surface area contributed by atoms with Crippen LogP contribution in [0, 0.1) is 0 Å². The minimum Gasteiger partial charge on any atom is -0.399 e. The van der Waals surface area contributed by atoms with Crippen molar-refractivity contribution in [3.8, 4) is 0 Å². The monoisotopic (exact) mass is 424 g/mol. The molecule has 1 aliphatic heterocycles. The highest BCUT2D eigenvalue weighted by atomic mass is 32.2. The highest BCUT2D eigenvalue weighted by molar-refractivity contribution is 7.97. The summed E-state index contributed by atoms with van der Waals surface area (Å²) in [5.41, 5.74) is 0.345. The molecule has 29 heavy (non-hydrogen) atoms. The van der Waals surface area contributed by atoms with Crippen LogP contribution in [0.2, 0.25) is 0 Å². The molecule has 1 saturated heterocycles. The zero-order valence-electron chi connectivity index (χ0n) is 17.0. The van der Waals surface area contributed by atoms with Crippen LogP contribution in [0.3, 0.4) is 0 Å². The predicted octanol–water partition coefficient (Wildman–Crippen LogP) is 4.97. The van der Waals surface area contributed by atoms with E-state index in [4.69, 9.17) is 9.31 Å². The van der Waals surface area contributed by atoms with Gasteiger partial charge in [-0.2, -0.15) is 13.2 Å². The van der Waals surface area contributed by atoms with E-state index in [0.717, 1.165) is 22.5 Å². The van der Waals surface area contributed by atoms with Crippen molar-refractivity contribution in [2.24, 2.45) is 0 Å². The fourth-order valence-corrected chi connectivity index (χ4v) is 3.46. The van der Waals surface area contributed by atoms with Gasteiger partial charge in [-0.25, -0.2) is 0 Å². The number of halogens is 3. The van der Waals surface area contributed by atoms with Gasteiger partial charge in [0.05, 0.1) is 16.8 Å². The second-order valence-electron chi connectivity index (χ2n) is 7.84. The highest BCUT2D eigenvalue weighted by Crippen LogP contribution is 2.37. The molecule has 0 unspecified atom stereocenters. The molecule has 1 heterocycles. The lowest BCUT2D eigenvalue weighted by Crippen LogP contribution is -2.41.